The molecule has 0 heterocycles. The molecule has 17 heavy (non-hydrogen) atoms. The van der Waals surface area contributed by atoms with Crippen LogP contribution in [0.2, 0.25) is 20.1 Å². The summed E-state index contributed by atoms with van der Waals surface area (Å²) >= 11 is 48.1. The van der Waals surface area contributed by atoms with E-state index in [2.05, 4.69) is 0 Å². The van der Waals surface area contributed by atoms with Gasteiger partial charge in [0.1, 0.15) is 0 Å². The van der Waals surface area contributed by atoms with Gasteiger partial charge in [-0.15, -0.1) is 0 Å². The highest BCUT2D eigenvalue weighted by molar-refractivity contribution is 6.67. The zero-order chi connectivity index (χ0) is 13.1. The molecule has 0 aromatic heterocycles. The highest BCUT2D eigenvalue weighted by Gasteiger charge is 2.45. The third kappa shape index (κ3) is 1.97. The first-order chi connectivity index (χ1) is 7.71. The molecule has 0 atom stereocenters. The van der Waals surface area contributed by atoms with Crippen molar-refractivity contribution in [3.63, 3.8) is 0 Å². The summed E-state index contributed by atoms with van der Waals surface area (Å²) in [5.41, 5.74) is 0.555. The normalized spacial score (nSPS) is 17.6. The fourth-order valence-corrected chi connectivity index (χ4v) is 3.91. The monoisotopic (exact) mass is 388 g/mol. The molecule has 1 aliphatic carbocycles. The minimum absolute atomic E-state index is 0.0135. The van der Waals surface area contributed by atoms with E-state index in [-0.39, 0.29) is 35.7 Å². The quantitative estimate of drug-likeness (QED) is 0.251. The second kappa shape index (κ2) is 4.68. The van der Waals surface area contributed by atoms with Crippen molar-refractivity contribution in [3.05, 3.63) is 36.2 Å². The van der Waals surface area contributed by atoms with Crippen LogP contribution in [0.15, 0.2) is 5.03 Å². The summed E-state index contributed by atoms with van der Waals surface area (Å²) in [4.78, 5) is 0. The first kappa shape index (κ1) is 14.7. The van der Waals surface area contributed by atoms with E-state index in [1.165, 1.54) is 0 Å². The molecule has 0 radical (unpaired) electrons. The van der Waals surface area contributed by atoms with Gasteiger partial charge in [-0.2, -0.15) is 0 Å². The van der Waals surface area contributed by atoms with Crippen LogP contribution in [0.3, 0.4) is 0 Å². The molecule has 92 valence electrons. The minimum Gasteiger partial charge on any atom is -0.0898 e. The van der Waals surface area contributed by atoms with Crippen molar-refractivity contribution in [2.45, 2.75) is 4.33 Å². The lowest BCUT2D eigenvalue weighted by molar-refractivity contribution is 1.11. The van der Waals surface area contributed by atoms with Crippen molar-refractivity contribution in [1.82, 2.24) is 0 Å². The fourth-order valence-electron chi connectivity index (χ4n) is 1.49. The summed E-state index contributed by atoms with van der Waals surface area (Å²) in [5.74, 6) is 0. The smallest absolute Gasteiger partial charge is 0.0898 e. The predicted molar refractivity (Wildman–Crippen MR) is 78.5 cm³/mol. The van der Waals surface area contributed by atoms with E-state index in [9.17, 15) is 0 Å². The number of hydrogen-bond acceptors (Lipinski definition) is 0. The standard InChI is InChI=1S/C9Cl8/c10-3-1-2(5(12)7(14)6(3)13)9(16,17)8(15)4(1)11. The second-order valence-corrected chi connectivity index (χ2v) is 6.80. The molecule has 8 heteroatoms. The van der Waals surface area contributed by atoms with Gasteiger partial charge in [-0.05, 0) is 0 Å². The van der Waals surface area contributed by atoms with Gasteiger partial charge >= 0.3 is 0 Å². The topological polar surface area (TPSA) is 0 Å². The lowest BCUT2D eigenvalue weighted by Gasteiger charge is -2.18. The van der Waals surface area contributed by atoms with Crippen molar-refractivity contribution in [1.29, 1.82) is 0 Å². The number of rotatable bonds is 0. The molecule has 0 saturated carbocycles. The number of halogens is 8. The van der Waals surface area contributed by atoms with E-state index in [4.69, 9.17) is 92.8 Å². The predicted octanol–water partition coefficient (Wildman–Crippen LogP) is 7.09. The molecule has 0 saturated heterocycles. The highest BCUT2D eigenvalue weighted by Crippen LogP contribution is 2.61. The zero-order valence-electron chi connectivity index (χ0n) is 7.52. The van der Waals surface area contributed by atoms with Crippen LogP contribution in [0.1, 0.15) is 11.1 Å². The molecule has 0 amide bonds. The molecule has 0 unspecified atom stereocenters. The Morgan fingerprint density at radius 1 is 0.647 bits per heavy atom. The lowest BCUT2D eigenvalue weighted by atomic mass is 10.1. The Balaban J connectivity index is 2.96. The Kier molecular flexibility index (Phi) is 4.04. The fraction of sp³-hybridized carbons (Fsp3) is 0.111. The van der Waals surface area contributed by atoms with Crippen LogP contribution < -0.4 is 0 Å². The Morgan fingerprint density at radius 2 is 1.12 bits per heavy atom. The molecular formula is C9Cl8. The summed E-state index contributed by atoms with van der Waals surface area (Å²) < 4.78 is -1.58. The summed E-state index contributed by atoms with van der Waals surface area (Å²) in [6.07, 6.45) is 0. The van der Waals surface area contributed by atoms with Gasteiger partial charge in [0.2, 0.25) is 0 Å². The first-order valence-corrected chi connectivity index (χ1v) is 7.04. The van der Waals surface area contributed by atoms with Gasteiger partial charge in [0.15, 0.2) is 4.33 Å². The van der Waals surface area contributed by atoms with Crippen LogP contribution in [0.5, 0.6) is 0 Å². The van der Waals surface area contributed by atoms with Crippen molar-refractivity contribution < 1.29 is 0 Å². The van der Waals surface area contributed by atoms with Crippen LogP contribution in [-0.2, 0) is 4.33 Å². The molecular weight excluding hydrogens is 392 g/mol. The van der Waals surface area contributed by atoms with Crippen LogP contribution in [0, 0.1) is 0 Å². The molecule has 0 nitrogen and oxygen atoms in total. The number of allylic oxidation sites excluding steroid dienone is 1. The first-order valence-electron chi connectivity index (χ1n) is 4.01. The van der Waals surface area contributed by atoms with Crippen LogP contribution >= 0.6 is 92.8 Å². The van der Waals surface area contributed by atoms with E-state index in [0.717, 1.165) is 0 Å². The zero-order valence-corrected chi connectivity index (χ0v) is 13.6. The molecule has 0 bridgehead atoms. The molecule has 0 aliphatic heterocycles. The van der Waals surface area contributed by atoms with Gasteiger partial charge < -0.3 is 0 Å². The van der Waals surface area contributed by atoms with E-state index in [1.54, 1.807) is 0 Å². The Bertz CT molecular complexity index is 557. The van der Waals surface area contributed by atoms with Gasteiger partial charge in [-0.3, -0.25) is 0 Å². The van der Waals surface area contributed by atoms with Crippen molar-refractivity contribution in [3.8, 4) is 0 Å². The largest absolute Gasteiger partial charge is 0.182 e. The average Bonchev–Trinajstić information content (AvgIpc) is 2.44. The number of fused-ring (bicyclic) bond motifs is 1. The third-order valence-electron chi connectivity index (χ3n) is 2.27. The minimum atomic E-state index is -1.58. The van der Waals surface area contributed by atoms with Crippen LogP contribution in [-0.4, -0.2) is 0 Å². The Morgan fingerprint density at radius 3 is 1.65 bits per heavy atom. The molecule has 0 spiro atoms. The van der Waals surface area contributed by atoms with Gasteiger partial charge in [-0.1, -0.05) is 92.8 Å². The Hall–Kier alpha value is 1.28. The maximum atomic E-state index is 6.09. The van der Waals surface area contributed by atoms with Crippen molar-refractivity contribution in [2.75, 3.05) is 0 Å². The summed E-state index contributed by atoms with van der Waals surface area (Å²) in [7, 11) is 0. The van der Waals surface area contributed by atoms with Crippen molar-refractivity contribution >= 4 is 97.8 Å². The van der Waals surface area contributed by atoms with Gasteiger partial charge in [-0.25, -0.2) is 0 Å². The molecule has 0 fully saturated rings. The summed E-state index contributed by atoms with van der Waals surface area (Å²) in [6.45, 7) is 0. The maximum absolute atomic E-state index is 6.09. The van der Waals surface area contributed by atoms with Gasteiger partial charge in [0.25, 0.3) is 0 Å². The highest BCUT2D eigenvalue weighted by atomic mass is 35.5. The summed E-state index contributed by atoms with van der Waals surface area (Å²) in [6, 6.07) is 0. The van der Waals surface area contributed by atoms with Crippen LogP contribution in [0.4, 0.5) is 0 Å². The molecule has 1 aromatic carbocycles. The van der Waals surface area contributed by atoms with Crippen LogP contribution in [0.25, 0.3) is 5.03 Å². The Labute approximate surface area is 137 Å². The molecule has 1 aliphatic rings. The average molecular weight is 392 g/mol. The molecule has 0 N–H and O–H groups in total. The molecule has 2 rings (SSSR count). The third-order valence-corrected chi connectivity index (χ3v) is 5.97. The number of alkyl halides is 2. The van der Waals surface area contributed by atoms with E-state index in [1.807, 2.05) is 0 Å². The lowest BCUT2D eigenvalue weighted by Crippen LogP contribution is -2.08. The van der Waals surface area contributed by atoms with Crippen molar-refractivity contribution in [2.24, 2.45) is 0 Å². The van der Waals surface area contributed by atoms with Gasteiger partial charge in [0.05, 0.1) is 30.2 Å². The summed E-state index contributed by atoms with van der Waals surface area (Å²) in [5, 5.41) is 0.443. The van der Waals surface area contributed by atoms with E-state index >= 15 is 0 Å². The van der Waals surface area contributed by atoms with E-state index in [0.29, 0.717) is 5.56 Å². The number of benzene rings is 1. The van der Waals surface area contributed by atoms with E-state index < -0.39 is 4.33 Å². The second-order valence-electron chi connectivity index (χ2n) is 3.21. The number of hydrogen-bond donors (Lipinski definition) is 0. The SMILES string of the molecule is ClC1=C(Cl)C(Cl)(Cl)c2c(Cl)c(Cl)c(Cl)c(Cl)c21. The maximum Gasteiger partial charge on any atom is 0.182 e. The van der Waals surface area contributed by atoms with Gasteiger partial charge in [0, 0.05) is 11.1 Å². The molecule has 1 aromatic rings.